The molecule has 1 aromatic carbocycles. The van der Waals surface area contributed by atoms with E-state index in [0.717, 1.165) is 53.4 Å². The van der Waals surface area contributed by atoms with Gasteiger partial charge in [-0.3, -0.25) is 9.89 Å². The highest BCUT2D eigenvalue weighted by Gasteiger charge is 2.24. The second kappa shape index (κ2) is 15.8. The lowest BCUT2D eigenvalue weighted by Gasteiger charge is -2.31. The molecule has 0 radical (unpaired) electrons. The third-order valence-electron chi connectivity index (χ3n) is 5.71. The van der Waals surface area contributed by atoms with Gasteiger partial charge < -0.3 is 14.4 Å². The second-order valence-corrected chi connectivity index (χ2v) is 7.98. The predicted octanol–water partition coefficient (Wildman–Crippen LogP) is 6.66. The van der Waals surface area contributed by atoms with Crippen molar-refractivity contribution in [3.05, 3.63) is 97.4 Å². The lowest BCUT2D eigenvalue weighted by molar-refractivity contribution is -0.119. The molecule has 0 atom stereocenters. The Kier molecular flexibility index (Phi) is 13.2. The summed E-state index contributed by atoms with van der Waals surface area (Å²) in [6.07, 6.45) is 9.61. The molecule has 0 aliphatic carbocycles. The molecule has 0 fully saturated rings. The number of anilines is 1. The molecule has 1 aliphatic heterocycles. The number of H-pyrrole nitrogens is 1. The number of carbonyl (C=O) groups is 2. The fraction of sp³-hybridized carbons (Fsp3) is 0.276. The summed E-state index contributed by atoms with van der Waals surface area (Å²) in [4.78, 5) is 22.8. The Morgan fingerprint density at radius 2 is 1.92 bits per heavy atom. The van der Waals surface area contributed by atoms with Crippen LogP contribution in [0.25, 0.3) is 11.1 Å². The largest absolute Gasteiger partial charge is 0.494 e. The molecule has 1 aromatic heterocycles. The molecule has 7 heteroatoms. The van der Waals surface area contributed by atoms with E-state index in [4.69, 9.17) is 9.53 Å². The zero-order chi connectivity index (χ0) is 27.1. The number of hydrogen-bond donors (Lipinski definition) is 1. The number of amides is 1. The highest BCUT2D eigenvalue weighted by molar-refractivity contribution is 5.96. The first-order valence-corrected chi connectivity index (χ1v) is 11.6. The van der Waals surface area contributed by atoms with E-state index < -0.39 is 5.83 Å². The van der Waals surface area contributed by atoms with E-state index in [1.165, 1.54) is 5.56 Å². The van der Waals surface area contributed by atoms with Gasteiger partial charge in [-0.25, -0.2) is 4.39 Å². The third kappa shape index (κ3) is 8.65. The van der Waals surface area contributed by atoms with Crippen molar-refractivity contribution in [1.82, 2.24) is 10.2 Å². The van der Waals surface area contributed by atoms with E-state index in [1.54, 1.807) is 6.08 Å². The molecule has 36 heavy (non-hydrogen) atoms. The van der Waals surface area contributed by atoms with Crippen LogP contribution in [0.4, 0.5) is 10.1 Å². The van der Waals surface area contributed by atoms with Gasteiger partial charge in [-0.15, -0.1) is 0 Å². The first kappa shape index (κ1) is 30.0. The standard InChI is InChI=1S/C24H29N3O2.C4H5F.CH2O/c1-5-17(2)18(3)19(4)29-14-8-12-24(28)27-13-7-10-22-21(9-6-11-23(22)27)20-15-25-26-16-20;1-3-4(2)5;1-2/h5-6,9,11,15-16H,1,4,7-8,10,12-14H2,2-3H3,(H,25,26);3H,1-2H2;1H2/b18-17-;;. The average Bonchev–Trinajstić information content (AvgIpc) is 3.45. The summed E-state index contributed by atoms with van der Waals surface area (Å²) in [5.74, 6) is 0.298. The maximum atomic E-state index is 12.9. The molecule has 0 saturated carbocycles. The van der Waals surface area contributed by atoms with Gasteiger partial charge in [-0.1, -0.05) is 44.5 Å². The van der Waals surface area contributed by atoms with Gasteiger partial charge in [0, 0.05) is 30.4 Å². The molecule has 0 bridgehead atoms. The molecule has 1 N–H and O–H groups in total. The van der Waals surface area contributed by atoms with Crippen LogP contribution in [0.2, 0.25) is 0 Å². The van der Waals surface area contributed by atoms with Crippen molar-refractivity contribution in [1.29, 1.82) is 0 Å². The lowest BCUT2D eigenvalue weighted by atomic mass is 9.93. The van der Waals surface area contributed by atoms with Crippen LogP contribution in [-0.4, -0.2) is 36.0 Å². The molecule has 192 valence electrons. The SMILES string of the molecule is C=C/C(C)=C(/C)C(=C)OCCCC(=O)N1CCCc2c(-c3cn[nH]c3)cccc21.C=CC(=C)F.C=O. The molecule has 0 spiro atoms. The van der Waals surface area contributed by atoms with E-state index in [0.29, 0.717) is 25.2 Å². The van der Waals surface area contributed by atoms with Gasteiger partial charge in [0.1, 0.15) is 18.4 Å². The van der Waals surface area contributed by atoms with Crippen LogP contribution in [0.5, 0.6) is 0 Å². The molecule has 3 rings (SSSR count). The van der Waals surface area contributed by atoms with Crippen LogP contribution < -0.4 is 4.90 Å². The summed E-state index contributed by atoms with van der Waals surface area (Å²) < 4.78 is 16.8. The second-order valence-electron chi connectivity index (χ2n) is 7.98. The number of benzene rings is 1. The molecule has 2 heterocycles. The van der Waals surface area contributed by atoms with E-state index in [2.05, 4.69) is 42.6 Å². The predicted molar refractivity (Wildman–Crippen MR) is 145 cm³/mol. The van der Waals surface area contributed by atoms with E-state index in [-0.39, 0.29) is 5.91 Å². The smallest absolute Gasteiger partial charge is 0.227 e. The molecule has 2 aromatic rings. The Labute approximate surface area is 213 Å². The topological polar surface area (TPSA) is 75.3 Å². The van der Waals surface area contributed by atoms with Crippen molar-refractivity contribution in [3.8, 4) is 11.1 Å². The number of nitrogens with one attached hydrogen (secondary N) is 1. The van der Waals surface area contributed by atoms with Crippen LogP contribution in [0, 0.1) is 0 Å². The summed E-state index contributed by atoms with van der Waals surface area (Å²) in [6, 6.07) is 6.15. The minimum absolute atomic E-state index is 0.138. The van der Waals surface area contributed by atoms with Gasteiger partial charge >= 0.3 is 0 Å². The molecular weight excluding hydrogens is 457 g/mol. The summed E-state index contributed by atoms with van der Waals surface area (Å²) >= 11 is 0. The fourth-order valence-electron chi connectivity index (χ4n) is 3.59. The number of allylic oxidation sites excluding steroid dienone is 5. The van der Waals surface area contributed by atoms with Gasteiger partial charge in [0.2, 0.25) is 5.91 Å². The Bertz CT molecular complexity index is 1090. The normalized spacial score (nSPS) is 12.4. The van der Waals surface area contributed by atoms with Crippen molar-refractivity contribution in [2.75, 3.05) is 18.1 Å². The van der Waals surface area contributed by atoms with Gasteiger partial charge in [0.15, 0.2) is 0 Å². The Morgan fingerprint density at radius 1 is 1.22 bits per heavy atom. The maximum absolute atomic E-state index is 12.9. The number of aromatic nitrogens is 2. The maximum Gasteiger partial charge on any atom is 0.227 e. The van der Waals surface area contributed by atoms with Gasteiger partial charge in [-0.2, -0.15) is 5.10 Å². The number of hydrogen-bond acceptors (Lipinski definition) is 4. The summed E-state index contributed by atoms with van der Waals surface area (Å²) in [7, 11) is 0. The molecular formula is C29H36FN3O3. The highest BCUT2D eigenvalue weighted by atomic mass is 19.1. The first-order chi connectivity index (χ1) is 17.3. The summed E-state index contributed by atoms with van der Waals surface area (Å²) in [5, 5.41) is 6.93. The minimum atomic E-state index is -0.481. The average molecular weight is 494 g/mol. The minimum Gasteiger partial charge on any atom is -0.494 e. The Morgan fingerprint density at radius 3 is 2.50 bits per heavy atom. The quantitative estimate of drug-likeness (QED) is 0.241. The van der Waals surface area contributed by atoms with E-state index >= 15 is 0 Å². The van der Waals surface area contributed by atoms with Crippen molar-refractivity contribution in [2.45, 2.75) is 39.5 Å². The van der Waals surface area contributed by atoms with Gasteiger partial charge in [0.25, 0.3) is 0 Å². The van der Waals surface area contributed by atoms with Crippen molar-refractivity contribution in [2.24, 2.45) is 0 Å². The van der Waals surface area contributed by atoms with Crippen LogP contribution in [0.15, 0.2) is 91.8 Å². The van der Waals surface area contributed by atoms with E-state index in [9.17, 15) is 9.18 Å². The monoisotopic (exact) mass is 493 g/mol. The van der Waals surface area contributed by atoms with E-state index in [1.807, 2.05) is 50.1 Å². The van der Waals surface area contributed by atoms with Gasteiger partial charge in [0.05, 0.1) is 12.8 Å². The first-order valence-electron chi connectivity index (χ1n) is 11.6. The molecule has 1 aliphatic rings. The van der Waals surface area contributed by atoms with Crippen LogP contribution >= 0.6 is 0 Å². The third-order valence-corrected chi connectivity index (χ3v) is 5.71. The Hall–Kier alpha value is -4.00. The molecule has 1 amide bonds. The lowest BCUT2D eigenvalue weighted by Crippen LogP contribution is -2.35. The molecule has 0 unspecified atom stereocenters. The van der Waals surface area contributed by atoms with Crippen LogP contribution in [-0.2, 0) is 20.7 Å². The number of carbonyl (C=O) groups excluding carboxylic acids is 2. The highest BCUT2D eigenvalue weighted by Crippen LogP contribution is 2.35. The zero-order valence-corrected chi connectivity index (χ0v) is 21.3. The molecule has 6 nitrogen and oxygen atoms in total. The van der Waals surface area contributed by atoms with Gasteiger partial charge in [-0.05, 0) is 67.5 Å². The number of halogens is 1. The van der Waals surface area contributed by atoms with Crippen LogP contribution in [0.1, 0.15) is 38.7 Å². The number of rotatable bonds is 9. The number of fused-ring (bicyclic) bond motifs is 1. The Balaban J connectivity index is 0.000000826. The van der Waals surface area contributed by atoms with Crippen LogP contribution in [0.3, 0.4) is 0 Å². The number of ether oxygens (including phenoxy) is 1. The summed E-state index contributed by atoms with van der Waals surface area (Å²) in [5.41, 5.74) is 6.48. The fourth-order valence-corrected chi connectivity index (χ4v) is 3.59. The van der Waals surface area contributed by atoms with Crippen molar-refractivity contribution >= 4 is 18.4 Å². The summed E-state index contributed by atoms with van der Waals surface area (Å²) in [6.45, 7) is 20.9. The molecule has 0 saturated heterocycles. The van der Waals surface area contributed by atoms with Crippen molar-refractivity contribution in [3.63, 3.8) is 0 Å². The van der Waals surface area contributed by atoms with Crippen molar-refractivity contribution < 1.29 is 18.7 Å². The number of nitrogens with zero attached hydrogens (tertiary/aromatic N) is 2. The number of aromatic amines is 1. The zero-order valence-electron chi connectivity index (χ0n) is 21.3.